The second-order valence-electron chi connectivity index (χ2n) is 4.22. The number of nitrogens with one attached hydrogen (secondary N) is 2. The van der Waals surface area contributed by atoms with Gasteiger partial charge in [-0.2, -0.15) is 5.10 Å². The van der Waals surface area contributed by atoms with Gasteiger partial charge in [0.05, 0.1) is 0 Å². The molecular weight excluding hydrogens is 260 g/mol. The van der Waals surface area contributed by atoms with Crippen molar-refractivity contribution >= 4 is 23.5 Å². The Kier molecular flexibility index (Phi) is 4.59. The molecular formula is C12H16N6O2. The van der Waals surface area contributed by atoms with Crippen LogP contribution in [0.4, 0.5) is 5.95 Å². The lowest BCUT2D eigenvalue weighted by molar-refractivity contribution is -0.130. The largest absolute Gasteiger partial charge is 0.352 e. The summed E-state index contributed by atoms with van der Waals surface area (Å²) in [4.78, 5) is 31.1. The number of hydrazone groups is 1. The van der Waals surface area contributed by atoms with E-state index in [0.29, 0.717) is 37.6 Å². The molecule has 2 heterocycles. The topological polar surface area (TPSA) is 99.6 Å². The summed E-state index contributed by atoms with van der Waals surface area (Å²) in [6.45, 7) is 0.936. The molecule has 2 rings (SSSR count). The summed E-state index contributed by atoms with van der Waals surface area (Å²) in [6, 6.07) is 1.73. The van der Waals surface area contributed by atoms with E-state index < -0.39 is 0 Å². The van der Waals surface area contributed by atoms with Crippen LogP contribution in [0.2, 0.25) is 0 Å². The standard InChI is InChI=1S/C12H16N6O2/c1-18-10(19)4-3-9(17-18)11(20)13-7-8-16-12-14-5-2-6-15-12/h2,5-6H,3-4,7-8H2,1H3,(H,13,20)(H,14,15,16). The van der Waals surface area contributed by atoms with E-state index in [9.17, 15) is 9.59 Å². The minimum Gasteiger partial charge on any atom is -0.352 e. The molecule has 8 nitrogen and oxygen atoms in total. The van der Waals surface area contributed by atoms with E-state index in [2.05, 4.69) is 25.7 Å². The minimum atomic E-state index is -0.250. The number of nitrogens with zero attached hydrogens (tertiary/aromatic N) is 4. The Morgan fingerprint density at radius 2 is 2.05 bits per heavy atom. The molecule has 2 amide bonds. The third kappa shape index (κ3) is 3.74. The molecule has 1 aliphatic rings. The van der Waals surface area contributed by atoms with Gasteiger partial charge in [0.1, 0.15) is 5.71 Å². The van der Waals surface area contributed by atoms with Crippen LogP contribution in [-0.2, 0) is 9.59 Å². The third-order valence-corrected chi connectivity index (χ3v) is 2.73. The van der Waals surface area contributed by atoms with Crippen LogP contribution in [0.1, 0.15) is 12.8 Å². The fraction of sp³-hybridized carbons (Fsp3) is 0.417. The van der Waals surface area contributed by atoms with E-state index in [1.54, 1.807) is 25.5 Å². The molecule has 1 aliphatic heterocycles. The number of rotatable bonds is 5. The lowest BCUT2D eigenvalue weighted by Gasteiger charge is -2.18. The molecule has 0 saturated heterocycles. The minimum absolute atomic E-state index is 0.0792. The molecule has 0 atom stereocenters. The summed E-state index contributed by atoms with van der Waals surface area (Å²) in [5.74, 6) is 0.187. The van der Waals surface area contributed by atoms with E-state index in [1.165, 1.54) is 5.01 Å². The first-order valence-corrected chi connectivity index (χ1v) is 6.30. The number of anilines is 1. The molecule has 106 valence electrons. The highest BCUT2D eigenvalue weighted by Crippen LogP contribution is 2.06. The Balaban J connectivity index is 1.73. The maximum absolute atomic E-state index is 11.8. The Morgan fingerprint density at radius 1 is 1.30 bits per heavy atom. The third-order valence-electron chi connectivity index (χ3n) is 2.73. The van der Waals surface area contributed by atoms with Crippen molar-refractivity contribution in [3.05, 3.63) is 18.5 Å². The summed E-state index contributed by atoms with van der Waals surface area (Å²) in [5.41, 5.74) is 0.378. The Hall–Kier alpha value is -2.51. The van der Waals surface area contributed by atoms with Crippen molar-refractivity contribution in [3.63, 3.8) is 0 Å². The van der Waals surface area contributed by atoms with Crippen molar-refractivity contribution in [2.75, 3.05) is 25.5 Å². The van der Waals surface area contributed by atoms with Crippen LogP contribution in [0.15, 0.2) is 23.6 Å². The van der Waals surface area contributed by atoms with E-state index in [1.807, 2.05) is 0 Å². The zero-order valence-corrected chi connectivity index (χ0v) is 11.2. The fourth-order valence-electron chi connectivity index (χ4n) is 1.68. The molecule has 1 aromatic heterocycles. The number of aromatic nitrogens is 2. The van der Waals surface area contributed by atoms with Gasteiger partial charge in [0.25, 0.3) is 5.91 Å². The lowest BCUT2D eigenvalue weighted by Crippen LogP contribution is -2.39. The molecule has 0 unspecified atom stereocenters. The maximum Gasteiger partial charge on any atom is 0.267 e. The van der Waals surface area contributed by atoms with Crippen LogP contribution in [0.5, 0.6) is 0 Å². The smallest absolute Gasteiger partial charge is 0.267 e. The zero-order valence-electron chi connectivity index (χ0n) is 11.2. The lowest BCUT2D eigenvalue weighted by atomic mass is 10.1. The van der Waals surface area contributed by atoms with Gasteiger partial charge in [0, 0.05) is 45.4 Å². The van der Waals surface area contributed by atoms with E-state index >= 15 is 0 Å². The summed E-state index contributed by atoms with van der Waals surface area (Å²) < 4.78 is 0. The molecule has 20 heavy (non-hydrogen) atoms. The van der Waals surface area contributed by atoms with Gasteiger partial charge in [-0.15, -0.1) is 0 Å². The molecule has 0 aliphatic carbocycles. The molecule has 8 heteroatoms. The molecule has 2 N–H and O–H groups in total. The normalized spacial score (nSPS) is 14.8. The number of hydrogen-bond donors (Lipinski definition) is 2. The molecule has 0 spiro atoms. The molecule has 0 bridgehead atoms. The van der Waals surface area contributed by atoms with Gasteiger partial charge in [0.2, 0.25) is 11.9 Å². The van der Waals surface area contributed by atoms with Gasteiger partial charge in [-0.3, -0.25) is 9.59 Å². The summed E-state index contributed by atoms with van der Waals surface area (Å²) in [7, 11) is 1.54. The van der Waals surface area contributed by atoms with Gasteiger partial charge in [0.15, 0.2) is 0 Å². The van der Waals surface area contributed by atoms with Gasteiger partial charge in [-0.25, -0.2) is 15.0 Å². The van der Waals surface area contributed by atoms with E-state index in [-0.39, 0.29) is 11.8 Å². The Bertz CT molecular complexity index is 516. The monoisotopic (exact) mass is 276 g/mol. The van der Waals surface area contributed by atoms with Crippen molar-refractivity contribution in [2.24, 2.45) is 5.10 Å². The molecule has 0 saturated carbocycles. The number of amides is 2. The predicted octanol–water partition coefficient (Wildman–Crippen LogP) is -0.387. The fourth-order valence-corrected chi connectivity index (χ4v) is 1.68. The molecule has 0 fully saturated rings. The van der Waals surface area contributed by atoms with Crippen LogP contribution in [0, 0.1) is 0 Å². The Morgan fingerprint density at radius 3 is 2.75 bits per heavy atom. The average Bonchev–Trinajstić information content (AvgIpc) is 2.47. The van der Waals surface area contributed by atoms with Gasteiger partial charge < -0.3 is 10.6 Å². The number of carbonyl (C=O) groups excluding carboxylic acids is 2. The van der Waals surface area contributed by atoms with Crippen LogP contribution in [0.25, 0.3) is 0 Å². The molecule has 1 aromatic rings. The number of hydrogen-bond acceptors (Lipinski definition) is 6. The number of carbonyl (C=O) groups is 2. The highest BCUT2D eigenvalue weighted by molar-refractivity contribution is 6.39. The van der Waals surface area contributed by atoms with Crippen LogP contribution < -0.4 is 10.6 Å². The van der Waals surface area contributed by atoms with Crippen molar-refractivity contribution in [3.8, 4) is 0 Å². The van der Waals surface area contributed by atoms with Crippen LogP contribution in [0.3, 0.4) is 0 Å². The first-order valence-electron chi connectivity index (χ1n) is 6.30. The predicted molar refractivity (Wildman–Crippen MR) is 73.0 cm³/mol. The second-order valence-corrected chi connectivity index (χ2v) is 4.22. The maximum atomic E-state index is 11.8. The van der Waals surface area contributed by atoms with Crippen molar-refractivity contribution in [1.82, 2.24) is 20.3 Å². The quantitative estimate of drug-likeness (QED) is 0.714. The van der Waals surface area contributed by atoms with Crippen LogP contribution in [-0.4, -0.2) is 52.6 Å². The molecule has 0 radical (unpaired) electrons. The van der Waals surface area contributed by atoms with Gasteiger partial charge >= 0.3 is 0 Å². The highest BCUT2D eigenvalue weighted by Gasteiger charge is 2.21. The van der Waals surface area contributed by atoms with Crippen molar-refractivity contribution < 1.29 is 9.59 Å². The van der Waals surface area contributed by atoms with E-state index in [4.69, 9.17) is 0 Å². The van der Waals surface area contributed by atoms with Crippen molar-refractivity contribution in [1.29, 1.82) is 0 Å². The first kappa shape index (κ1) is 13.9. The van der Waals surface area contributed by atoms with Crippen LogP contribution >= 0.6 is 0 Å². The summed E-state index contributed by atoms with van der Waals surface area (Å²) in [5, 5.41) is 10.9. The molecule has 0 aromatic carbocycles. The summed E-state index contributed by atoms with van der Waals surface area (Å²) in [6.07, 6.45) is 3.97. The van der Waals surface area contributed by atoms with Gasteiger partial charge in [-0.1, -0.05) is 0 Å². The highest BCUT2D eigenvalue weighted by atomic mass is 16.2. The Labute approximate surface area is 116 Å². The average molecular weight is 276 g/mol. The van der Waals surface area contributed by atoms with E-state index in [0.717, 1.165) is 0 Å². The van der Waals surface area contributed by atoms with Gasteiger partial charge in [-0.05, 0) is 6.07 Å². The first-order chi connectivity index (χ1) is 9.66. The summed E-state index contributed by atoms with van der Waals surface area (Å²) >= 11 is 0. The SMILES string of the molecule is CN1N=C(C(=O)NCCNc2ncccn2)CCC1=O. The zero-order chi connectivity index (χ0) is 14.4. The second kappa shape index (κ2) is 6.60. The van der Waals surface area contributed by atoms with Crippen molar-refractivity contribution in [2.45, 2.75) is 12.8 Å².